The Morgan fingerprint density at radius 3 is 2.65 bits per heavy atom. The molecule has 1 rings (SSSR count). The molecule has 96 valence electrons. The molecule has 0 heterocycles. The predicted molar refractivity (Wildman–Crippen MR) is 77.0 cm³/mol. The van der Waals surface area contributed by atoms with Crippen molar-refractivity contribution in [1.29, 1.82) is 0 Å². The van der Waals surface area contributed by atoms with Crippen molar-refractivity contribution in [2.45, 2.75) is 23.6 Å². The van der Waals surface area contributed by atoms with Gasteiger partial charge in [0.2, 0.25) is 10.0 Å². The molecular formula is C10H12Br2ClNO2S. The summed E-state index contributed by atoms with van der Waals surface area (Å²) in [5, 5.41) is -0.0522. The van der Waals surface area contributed by atoms with Crippen molar-refractivity contribution < 1.29 is 8.42 Å². The molecule has 1 N–H and O–H groups in total. The van der Waals surface area contributed by atoms with Gasteiger partial charge in [-0.3, -0.25) is 0 Å². The summed E-state index contributed by atoms with van der Waals surface area (Å²) < 4.78 is 27.7. The second-order valence-corrected chi connectivity index (χ2v) is 7.79. The van der Waals surface area contributed by atoms with E-state index in [0.29, 0.717) is 21.9 Å². The summed E-state index contributed by atoms with van der Waals surface area (Å²) in [7, 11) is -3.49. The van der Waals surface area contributed by atoms with Gasteiger partial charge < -0.3 is 0 Å². The fraction of sp³-hybridized carbons (Fsp3) is 0.400. The molecule has 1 atom stereocenters. The van der Waals surface area contributed by atoms with Crippen LogP contribution >= 0.6 is 43.5 Å². The van der Waals surface area contributed by atoms with Gasteiger partial charge in [-0.2, -0.15) is 0 Å². The summed E-state index contributed by atoms with van der Waals surface area (Å²) in [6.45, 7) is 2.15. The number of hydrogen-bond acceptors (Lipinski definition) is 2. The molecule has 0 amide bonds. The number of sulfonamides is 1. The van der Waals surface area contributed by atoms with Gasteiger partial charge in [0.25, 0.3) is 0 Å². The highest BCUT2D eigenvalue weighted by Gasteiger charge is 2.17. The molecule has 0 radical (unpaired) electrons. The fourth-order valence-electron chi connectivity index (χ4n) is 1.15. The van der Waals surface area contributed by atoms with Gasteiger partial charge in [0.05, 0.1) is 4.90 Å². The van der Waals surface area contributed by atoms with E-state index in [1.54, 1.807) is 18.2 Å². The predicted octanol–water partition coefficient (Wildman–Crippen LogP) is 3.51. The van der Waals surface area contributed by atoms with E-state index in [1.807, 2.05) is 6.92 Å². The minimum Gasteiger partial charge on any atom is -0.211 e. The number of rotatable bonds is 5. The topological polar surface area (TPSA) is 46.2 Å². The van der Waals surface area contributed by atoms with Crippen LogP contribution in [0.5, 0.6) is 0 Å². The van der Waals surface area contributed by atoms with Crippen molar-refractivity contribution >= 4 is 53.5 Å². The molecule has 0 fully saturated rings. The first kappa shape index (κ1) is 15.4. The molecule has 0 aromatic heterocycles. The second kappa shape index (κ2) is 6.52. The van der Waals surface area contributed by atoms with Crippen molar-refractivity contribution in [3.8, 4) is 0 Å². The average molecular weight is 406 g/mol. The SMILES string of the molecule is CC(Cl)CCNS(=O)(=O)c1cc(Br)ccc1Br. The van der Waals surface area contributed by atoms with Gasteiger partial charge in [-0.25, -0.2) is 13.1 Å². The van der Waals surface area contributed by atoms with Crippen LogP contribution in [0.3, 0.4) is 0 Å². The second-order valence-electron chi connectivity index (χ2n) is 3.54. The van der Waals surface area contributed by atoms with Gasteiger partial charge in [0.15, 0.2) is 0 Å². The smallest absolute Gasteiger partial charge is 0.211 e. The Hall–Kier alpha value is 0.380. The molecule has 1 aromatic rings. The van der Waals surface area contributed by atoms with Crippen LogP contribution in [-0.4, -0.2) is 20.3 Å². The third-order valence-corrected chi connectivity index (χ3v) is 5.18. The summed E-state index contributed by atoms with van der Waals surface area (Å²) in [5.74, 6) is 0. The number of nitrogens with one attached hydrogen (secondary N) is 1. The van der Waals surface area contributed by atoms with Crippen molar-refractivity contribution in [1.82, 2.24) is 4.72 Å². The summed E-state index contributed by atoms with van der Waals surface area (Å²) in [4.78, 5) is 0.217. The molecule has 3 nitrogen and oxygen atoms in total. The average Bonchev–Trinajstić information content (AvgIpc) is 2.20. The van der Waals surface area contributed by atoms with Gasteiger partial charge in [-0.05, 0) is 47.5 Å². The van der Waals surface area contributed by atoms with Crippen molar-refractivity contribution in [2.75, 3.05) is 6.54 Å². The zero-order valence-electron chi connectivity index (χ0n) is 9.08. The highest BCUT2D eigenvalue weighted by Crippen LogP contribution is 2.25. The van der Waals surface area contributed by atoms with Crippen LogP contribution < -0.4 is 4.72 Å². The molecule has 0 aliphatic rings. The molecular weight excluding hydrogens is 393 g/mol. The van der Waals surface area contributed by atoms with Crippen molar-refractivity contribution in [3.05, 3.63) is 27.1 Å². The van der Waals surface area contributed by atoms with E-state index in [9.17, 15) is 8.42 Å². The maximum absolute atomic E-state index is 12.0. The summed E-state index contributed by atoms with van der Waals surface area (Å²) >= 11 is 12.2. The van der Waals surface area contributed by atoms with Crippen LogP contribution in [0, 0.1) is 0 Å². The van der Waals surface area contributed by atoms with Crippen LogP contribution in [0.2, 0.25) is 0 Å². The molecule has 1 unspecified atom stereocenters. The molecule has 7 heteroatoms. The number of benzene rings is 1. The Balaban J connectivity index is 2.86. The standard InChI is InChI=1S/C10H12Br2ClNO2S/c1-7(13)4-5-14-17(15,16)10-6-8(11)2-3-9(10)12/h2-3,6-7,14H,4-5H2,1H3. The lowest BCUT2D eigenvalue weighted by Crippen LogP contribution is -2.26. The van der Waals surface area contributed by atoms with E-state index < -0.39 is 10.0 Å². The van der Waals surface area contributed by atoms with Gasteiger partial charge >= 0.3 is 0 Å². The maximum atomic E-state index is 12.0. The van der Waals surface area contributed by atoms with Gasteiger partial charge in [0, 0.05) is 20.9 Å². The molecule has 1 aromatic carbocycles. The van der Waals surface area contributed by atoms with Crippen LogP contribution in [0.1, 0.15) is 13.3 Å². The normalized spacial score (nSPS) is 13.6. The number of hydrogen-bond donors (Lipinski definition) is 1. The first-order valence-corrected chi connectivity index (χ1v) is 8.42. The molecule has 0 spiro atoms. The zero-order valence-corrected chi connectivity index (χ0v) is 13.8. The monoisotopic (exact) mass is 403 g/mol. The highest BCUT2D eigenvalue weighted by molar-refractivity contribution is 9.11. The van der Waals surface area contributed by atoms with Gasteiger partial charge in [0.1, 0.15) is 0 Å². The lowest BCUT2D eigenvalue weighted by atomic mass is 10.3. The Kier molecular flexibility index (Phi) is 5.92. The van der Waals surface area contributed by atoms with Crippen LogP contribution in [0.25, 0.3) is 0 Å². The zero-order chi connectivity index (χ0) is 13.1. The third kappa shape index (κ3) is 4.87. The Morgan fingerprint density at radius 2 is 2.06 bits per heavy atom. The quantitative estimate of drug-likeness (QED) is 0.762. The fourth-order valence-corrected chi connectivity index (χ4v) is 3.81. The van der Waals surface area contributed by atoms with Crippen molar-refractivity contribution in [3.63, 3.8) is 0 Å². The largest absolute Gasteiger partial charge is 0.241 e. The number of halogens is 3. The van der Waals surface area contributed by atoms with Crippen LogP contribution in [0.15, 0.2) is 32.0 Å². The molecule has 17 heavy (non-hydrogen) atoms. The van der Waals surface area contributed by atoms with Gasteiger partial charge in [-0.1, -0.05) is 15.9 Å². The Morgan fingerprint density at radius 1 is 1.41 bits per heavy atom. The Bertz CT molecular complexity index is 491. The van der Waals surface area contributed by atoms with Crippen molar-refractivity contribution in [2.24, 2.45) is 0 Å². The molecule has 0 aliphatic heterocycles. The van der Waals surface area contributed by atoms with Gasteiger partial charge in [-0.15, -0.1) is 11.6 Å². The first-order chi connectivity index (χ1) is 7.83. The van der Waals surface area contributed by atoms with E-state index in [4.69, 9.17) is 11.6 Å². The molecule has 0 saturated heterocycles. The van der Waals surface area contributed by atoms with E-state index in [2.05, 4.69) is 36.6 Å². The van der Waals surface area contributed by atoms with Crippen LogP contribution in [0.4, 0.5) is 0 Å². The minimum absolute atomic E-state index is 0.0522. The van der Waals surface area contributed by atoms with Crippen LogP contribution in [-0.2, 0) is 10.0 Å². The minimum atomic E-state index is -3.49. The summed E-state index contributed by atoms with van der Waals surface area (Å²) in [6, 6.07) is 5.00. The third-order valence-electron chi connectivity index (χ3n) is 2.02. The summed E-state index contributed by atoms with van der Waals surface area (Å²) in [5.41, 5.74) is 0. The maximum Gasteiger partial charge on any atom is 0.241 e. The first-order valence-electron chi connectivity index (χ1n) is 4.91. The summed E-state index contributed by atoms with van der Waals surface area (Å²) in [6.07, 6.45) is 0.590. The van der Waals surface area contributed by atoms with E-state index in [0.717, 1.165) is 0 Å². The van der Waals surface area contributed by atoms with E-state index in [1.165, 1.54) is 0 Å². The molecule has 0 bridgehead atoms. The molecule has 0 aliphatic carbocycles. The lowest BCUT2D eigenvalue weighted by Gasteiger charge is -2.09. The lowest BCUT2D eigenvalue weighted by molar-refractivity contribution is 0.578. The van der Waals surface area contributed by atoms with E-state index >= 15 is 0 Å². The highest BCUT2D eigenvalue weighted by atomic mass is 79.9. The van der Waals surface area contributed by atoms with E-state index in [-0.39, 0.29) is 10.3 Å². The number of alkyl halides is 1. The Labute approximate surface area is 123 Å². The molecule has 0 saturated carbocycles.